The molecular weight excluding hydrogens is 246 g/mol. The van der Waals surface area contributed by atoms with Gasteiger partial charge in [-0.3, -0.25) is 0 Å². The van der Waals surface area contributed by atoms with Crippen molar-refractivity contribution in [3.63, 3.8) is 0 Å². The molecule has 0 aromatic rings. The van der Waals surface area contributed by atoms with E-state index in [-0.39, 0.29) is 5.54 Å². The van der Waals surface area contributed by atoms with Gasteiger partial charge in [0.05, 0.1) is 5.54 Å². The number of nitrogens with zero attached hydrogens (tertiary/aromatic N) is 1. The summed E-state index contributed by atoms with van der Waals surface area (Å²) in [7, 11) is 0. The standard InChI is InChI=1S/C6H9Br2N/c1-6(2,3)9-4-5(7)8/h1-3H3. The molecule has 0 aliphatic heterocycles. The van der Waals surface area contributed by atoms with Crippen molar-refractivity contribution in [2.45, 2.75) is 26.3 Å². The fourth-order valence-electron chi connectivity index (χ4n) is 0.210. The predicted octanol–water partition coefficient (Wildman–Crippen LogP) is 3.09. The Morgan fingerprint density at radius 2 is 1.78 bits per heavy atom. The Hall–Kier alpha value is 0.410. The lowest BCUT2D eigenvalue weighted by molar-refractivity contribution is 0.588. The summed E-state index contributed by atoms with van der Waals surface area (Å²) in [5, 5.41) is 0. The third-order valence-corrected chi connectivity index (χ3v) is 0.830. The molecule has 0 amide bonds. The highest BCUT2D eigenvalue weighted by molar-refractivity contribution is 9.28. The average molecular weight is 255 g/mol. The van der Waals surface area contributed by atoms with Crippen molar-refractivity contribution in [3.05, 3.63) is 3.39 Å². The summed E-state index contributed by atoms with van der Waals surface area (Å²) in [5.74, 6) is 2.76. The van der Waals surface area contributed by atoms with Gasteiger partial charge in [-0.05, 0) is 52.6 Å². The van der Waals surface area contributed by atoms with Crippen LogP contribution in [0.15, 0.2) is 8.38 Å². The molecular formula is C6H9Br2N. The minimum atomic E-state index is -0.0349. The van der Waals surface area contributed by atoms with Crippen molar-refractivity contribution in [2.24, 2.45) is 4.99 Å². The molecule has 0 radical (unpaired) electrons. The lowest BCUT2D eigenvalue weighted by atomic mass is 10.1. The molecule has 0 aromatic heterocycles. The van der Waals surface area contributed by atoms with Crippen LogP contribution < -0.4 is 0 Å². The van der Waals surface area contributed by atoms with Gasteiger partial charge in [0.25, 0.3) is 0 Å². The second-order valence-corrected chi connectivity index (χ2v) is 5.30. The smallest absolute Gasteiger partial charge is 0.121 e. The van der Waals surface area contributed by atoms with Gasteiger partial charge in [0.2, 0.25) is 0 Å². The minimum Gasteiger partial charge on any atom is -0.236 e. The average Bonchev–Trinajstić information content (AvgIpc) is 1.59. The van der Waals surface area contributed by atoms with E-state index in [1.807, 2.05) is 20.8 Å². The van der Waals surface area contributed by atoms with Crippen molar-refractivity contribution in [1.29, 1.82) is 0 Å². The molecule has 0 saturated heterocycles. The molecule has 0 aliphatic rings. The first kappa shape index (κ1) is 9.41. The molecule has 0 atom stereocenters. The Bertz CT molecular complexity index is 145. The van der Waals surface area contributed by atoms with Gasteiger partial charge in [-0.15, -0.1) is 0 Å². The molecule has 1 nitrogen and oxygen atoms in total. The molecule has 0 rings (SSSR count). The van der Waals surface area contributed by atoms with Gasteiger partial charge in [-0.1, -0.05) is 0 Å². The molecule has 0 fully saturated rings. The summed E-state index contributed by atoms with van der Waals surface area (Å²) in [6.45, 7) is 6.05. The Morgan fingerprint density at radius 1 is 1.33 bits per heavy atom. The zero-order valence-corrected chi connectivity index (χ0v) is 8.88. The van der Waals surface area contributed by atoms with E-state index in [9.17, 15) is 0 Å². The highest BCUT2D eigenvalue weighted by Crippen LogP contribution is 2.10. The van der Waals surface area contributed by atoms with E-state index >= 15 is 0 Å². The normalized spacial score (nSPS) is 10.3. The first-order chi connectivity index (χ1) is 3.92. The van der Waals surface area contributed by atoms with Crippen LogP contribution in [0.2, 0.25) is 0 Å². The van der Waals surface area contributed by atoms with Gasteiger partial charge < -0.3 is 0 Å². The van der Waals surface area contributed by atoms with E-state index in [1.54, 1.807) is 0 Å². The zero-order chi connectivity index (χ0) is 7.49. The summed E-state index contributed by atoms with van der Waals surface area (Å²) < 4.78 is 0.755. The van der Waals surface area contributed by atoms with E-state index in [0.29, 0.717) is 0 Å². The molecule has 9 heavy (non-hydrogen) atoms. The minimum absolute atomic E-state index is 0.0349. The van der Waals surface area contributed by atoms with E-state index < -0.39 is 0 Å². The van der Waals surface area contributed by atoms with Gasteiger partial charge in [0, 0.05) is 5.87 Å². The summed E-state index contributed by atoms with van der Waals surface area (Å²) in [4.78, 5) is 4.08. The van der Waals surface area contributed by atoms with E-state index in [4.69, 9.17) is 0 Å². The van der Waals surface area contributed by atoms with Crippen LogP contribution in [0.5, 0.6) is 0 Å². The highest BCUT2D eigenvalue weighted by Gasteiger charge is 2.03. The van der Waals surface area contributed by atoms with Crippen molar-refractivity contribution in [1.82, 2.24) is 0 Å². The van der Waals surface area contributed by atoms with Crippen LogP contribution >= 0.6 is 31.9 Å². The lowest BCUT2D eigenvalue weighted by Gasteiger charge is -2.07. The van der Waals surface area contributed by atoms with Gasteiger partial charge in [0.15, 0.2) is 0 Å². The largest absolute Gasteiger partial charge is 0.236 e. The molecule has 0 spiro atoms. The van der Waals surface area contributed by atoms with Gasteiger partial charge in [-0.25, -0.2) is 4.99 Å². The molecule has 0 aliphatic carbocycles. The molecule has 0 aromatic carbocycles. The fraction of sp³-hybridized carbons (Fsp3) is 0.667. The molecule has 0 heterocycles. The summed E-state index contributed by atoms with van der Waals surface area (Å²) in [6.07, 6.45) is 0. The monoisotopic (exact) mass is 253 g/mol. The maximum atomic E-state index is 4.08. The number of hydrogen-bond acceptors (Lipinski definition) is 1. The highest BCUT2D eigenvalue weighted by atomic mass is 79.9. The Kier molecular flexibility index (Phi) is 3.71. The summed E-state index contributed by atoms with van der Waals surface area (Å²) >= 11 is 6.31. The molecule has 52 valence electrons. The SMILES string of the molecule is CC(C)(C)N=C=C(Br)Br. The van der Waals surface area contributed by atoms with Crippen LogP contribution in [0.25, 0.3) is 0 Å². The van der Waals surface area contributed by atoms with E-state index in [0.717, 1.165) is 3.39 Å². The van der Waals surface area contributed by atoms with Crippen molar-refractivity contribution in [2.75, 3.05) is 0 Å². The van der Waals surface area contributed by atoms with E-state index in [2.05, 4.69) is 42.7 Å². The third kappa shape index (κ3) is 8.41. The number of hydrogen-bond donors (Lipinski definition) is 0. The number of halogens is 2. The second kappa shape index (κ2) is 3.55. The zero-order valence-electron chi connectivity index (χ0n) is 5.70. The fourth-order valence-corrected chi connectivity index (χ4v) is 0.387. The Labute approximate surface area is 72.5 Å². The molecule has 0 saturated carbocycles. The molecule has 0 N–H and O–H groups in total. The first-order valence-corrected chi connectivity index (χ1v) is 4.16. The van der Waals surface area contributed by atoms with Crippen molar-refractivity contribution < 1.29 is 0 Å². The molecule has 3 heteroatoms. The third-order valence-electron chi connectivity index (χ3n) is 0.476. The summed E-state index contributed by atoms with van der Waals surface area (Å²) in [6, 6.07) is 0. The molecule has 0 bridgehead atoms. The quantitative estimate of drug-likeness (QED) is 0.590. The predicted molar refractivity (Wildman–Crippen MR) is 48.6 cm³/mol. The van der Waals surface area contributed by atoms with Crippen LogP contribution in [-0.4, -0.2) is 11.4 Å². The number of rotatable bonds is 0. The van der Waals surface area contributed by atoms with E-state index in [1.165, 1.54) is 0 Å². The maximum Gasteiger partial charge on any atom is 0.121 e. The van der Waals surface area contributed by atoms with Gasteiger partial charge >= 0.3 is 0 Å². The van der Waals surface area contributed by atoms with Crippen LogP contribution in [-0.2, 0) is 0 Å². The Morgan fingerprint density at radius 3 is 1.89 bits per heavy atom. The van der Waals surface area contributed by atoms with Crippen LogP contribution in [0.3, 0.4) is 0 Å². The van der Waals surface area contributed by atoms with Gasteiger partial charge in [0.1, 0.15) is 3.39 Å². The Balaban J connectivity index is 4.17. The second-order valence-electron chi connectivity index (χ2n) is 2.65. The van der Waals surface area contributed by atoms with Gasteiger partial charge in [-0.2, -0.15) is 0 Å². The lowest BCUT2D eigenvalue weighted by Crippen LogP contribution is -2.08. The van der Waals surface area contributed by atoms with Crippen LogP contribution in [0, 0.1) is 0 Å². The maximum absolute atomic E-state index is 4.08. The van der Waals surface area contributed by atoms with Crippen molar-refractivity contribution >= 4 is 37.7 Å². The van der Waals surface area contributed by atoms with Crippen LogP contribution in [0.1, 0.15) is 20.8 Å². The summed E-state index contributed by atoms with van der Waals surface area (Å²) in [5.41, 5.74) is -0.0349. The topological polar surface area (TPSA) is 12.4 Å². The number of aliphatic imine (C=N–C) groups is 1. The molecule has 0 unspecified atom stereocenters. The first-order valence-electron chi connectivity index (χ1n) is 2.58. The van der Waals surface area contributed by atoms with Crippen molar-refractivity contribution in [3.8, 4) is 0 Å². The van der Waals surface area contributed by atoms with Crippen LogP contribution in [0.4, 0.5) is 0 Å².